The maximum atomic E-state index is 12.0. The van der Waals surface area contributed by atoms with Crippen molar-refractivity contribution in [3.05, 3.63) is 52.1 Å². The van der Waals surface area contributed by atoms with Crippen molar-refractivity contribution in [2.75, 3.05) is 18.0 Å². The SMILES string of the molecule is CC1(C)Cc2cccc(CNC3CCCN(c4ncc[nH]c4=O)C3)c2O1. The molecule has 1 aromatic heterocycles. The van der Waals surface area contributed by atoms with Gasteiger partial charge in [-0.2, -0.15) is 0 Å². The Morgan fingerprint density at radius 1 is 1.42 bits per heavy atom. The molecule has 138 valence electrons. The zero-order valence-corrected chi connectivity index (χ0v) is 15.4. The van der Waals surface area contributed by atoms with E-state index in [4.69, 9.17) is 4.74 Å². The van der Waals surface area contributed by atoms with Crippen molar-refractivity contribution >= 4 is 5.82 Å². The molecule has 1 atom stereocenters. The fourth-order valence-electron chi connectivity index (χ4n) is 3.98. The third-order valence-corrected chi connectivity index (χ3v) is 5.16. The van der Waals surface area contributed by atoms with Crippen LogP contribution in [0.1, 0.15) is 37.8 Å². The first-order valence-electron chi connectivity index (χ1n) is 9.34. The van der Waals surface area contributed by atoms with Crippen LogP contribution in [0.5, 0.6) is 5.75 Å². The van der Waals surface area contributed by atoms with Gasteiger partial charge in [0.25, 0.3) is 5.56 Å². The lowest BCUT2D eigenvalue weighted by Gasteiger charge is -2.33. The lowest BCUT2D eigenvalue weighted by atomic mass is 10.00. The molecule has 2 aliphatic heterocycles. The van der Waals surface area contributed by atoms with Gasteiger partial charge in [0.1, 0.15) is 11.4 Å². The summed E-state index contributed by atoms with van der Waals surface area (Å²) in [5, 5.41) is 3.65. The molecule has 26 heavy (non-hydrogen) atoms. The number of anilines is 1. The molecule has 6 nitrogen and oxygen atoms in total. The van der Waals surface area contributed by atoms with E-state index in [-0.39, 0.29) is 11.2 Å². The van der Waals surface area contributed by atoms with Crippen LogP contribution in [0.3, 0.4) is 0 Å². The van der Waals surface area contributed by atoms with Crippen molar-refractivity contribution in [3.63, 3.8) is 0 Å². The number of aromatic nitrogens is 2. The molecule has 3 heterocycles. The number of H-pyrrole nitrogens is 1. The van der Waals surface area contributed by atoms with Crippen molar-refractivity contribution in [1.82, 2.24) is 15.3 Å². The van der Waals surface area contributed by atoms with Gasteiger partial charge in [0.05, 0.1) is 0 Å². The molecule has 6 heteroatoms. The third-order valence-electron chi connectivity index (χ3n) is 5.16. The Morgan fingerprint density at radius 3 is 3.15 bits per heavy atom. The average molecular weight is 354 g/mol. The maximum absolute atomic E-state index is 12.0. The summed E-state index contributed by atoms with van der Waals surface area (Å²) >= 11 is 0. The number of benzene rings is 1. The van der Waals surface area contributed by atoms with Crippen LogP contribution in [-0.2, 0) is 13.0 Å². The number of nitrogens with one attached hydrogen (secondary N) is 2. The van der Waals surface area contributed by atoms with Gasteiger partial charge in [0.2, 0.25) is 0 Å². The van der Waals surface area contributed by atoms with E-state index in [0.717, 1.165) is 44.6 Å². The minimum atomic E-state index is -0.125. The second-order valence-electron chi connectivity index (χ2n) is 7.85. The number of para-hydroxylation sites is 1. The molecule has 0 radical (unpaired) electrons. The van der Waals surface area contributed by atoms with E-state index in [0.29, 0.717) is 11.9 Å². The molecule has 2 aromatic rings. The second kappa shape index (κ2) is 6.76. The van der Waals surface area contributed by atoms with Gasteiger partial charge in [-0.25, -0.2) is 4.98 Å². The molecule has 1 aromatic carbocycles. The molecular weight excluding hydrogens is 328 g/mol. The van der Waals surface area contributed by atoms with E-state index < -0.39 is 0 Å². The van der Waals surface area contributed by atoms with Crippen molar-refractivity contribution in [2.24, 2.45) is 0 Å². The van der Waals surface area contributed by atoms with Crippen LogP contribution in [-0.4, -0.2) is 34.7 Å². The summed E-state index contributed by atoms with van der Waals surface area (Å²) in [7, 11) is 0. The Hall–Kier alpha value is -2.34. The predicted molar refractivity (Wildman–Crippen MR) is 102 cm³/mol. The molecule has 0 spiro atoms. The van der Waals surface area contributed by atoms with Crippen LogP contribution in [0.4, 0.5) is 5.82 Å². The summed E-state index contributed by atoms with van der Waals surface area (Å²) in [6.07, 6.45) is 6.31. The number of ether oxygens (including phenoxy) is 1. The summed E-state index contributed by atoms with van der Waals surface area (Å²) in [4.78, 5) is 21.0. The first-order valence-corrected chi connectivity index (χ1v) is 9.34. The number of fused-ring (bicyclic) bond motifs is 1. The summed E-state index contributed by atoms with van der Waals surface area (Å²) < 4.78 is 6.17. The largest absolute Gasteiger partial charge is 0.487 e. The van der Waals surface area contributed by atoms with Crippen LogP contribution >= 0.6 is 0 Å². The van der Waals surface area contributed by atoms with Gasteiger partial charge in [0, 0.05) is 50.1 Å². The van der Waals surface area contributed by atoms with E-state index >= 15 is 0 Å². The van der Waals surface area contributed by atoms with Gasteiger partial charge < -0.3 is 19.9 Å². The molecule has 4 rings (SSSR count). The minimum Gasteiger partial charge on any atom is -0.487 e. The molecule has 1 unspecified atom stereocenters. The summed E-state index contributed by atoms with van der Waals surface area (Å²) in [5.74, 6) is 1.56. The zero-order chi connectivity index (χ0) is 18.1. The average Bonchev–Trinajstić information content (AvgIpc) is 2.95. The molecule has 0 amide bonds. The molecule has 0 saturated carbocycles. The Labute approximate surface area is 153 Å². The third kappa shape index (κ3) is 3.46. The van der Waals surface area contributed by atoms with E-state index in [2.05, 4.69) is 52.2 Å². The zero-order valence-electron chi connectivity index (χ0n) is 15.4. The smallest absolute Gasteiger partial charge is 0.290 e. The molecule has 2 aliphatic rings. The number of rotatable bonds is 4. The molecular formula is C20H26N4O2. The Morgan fingerprint density at radius 2 is 2.31 bits per heavy atom. The Kier molecular flexibility index (Phi) is 4.44. The number of hydrogen-bond acceptors (Lipinski definition) is 5. The van der Waals surface area contributed by atoms with Crippen LogP contribution in [0, 0.1) is 0 Å². The molecule has 1 fully saturated rings. The Bertz CT molecular complexity index is 846. The second-order valence-corrected chi connectivity index (χ2v) is 7.85. The summed E-state index contributed by atoms with van der Waals surface area (Å²) in [6.45, 7) is 6.70. The van der Waals surface area contributed by atoms with E-state index in [1.807, 2.05) is 0 Å². The highest BCUT2D eigenvalue weighted by Gasteiger charge is 2.31. The highest BCUT2D eigenvalue weighted by molar-refractivity contribution is 5.45. The van der Waals surface area contributed by atoms with Crippen molar-refractivity contribution < 1.29 is 4.74 Å². The highest BCUT2D eigenvalue weighted by Crippen LogP contribution is 2.37. The van der Waals surface area contributed by atoms with Gasteiger partial charge in [0.15, 0.2) is 5.82 Å². The highest BCUT2D eigenvalue weighted by atomic mass is 16.5. The number of nitrogens with zero attached hydrogens (tertiary/aromatic N) is 2. The topological polar surface area (TPSA) is 70.2 Å². The van der Waals surface area contributed by atoms with Crippen molar-refractivity contribution in [1.29, 1.82) is 0 Å². The molecule has 0 bridgehead atoms. The minimum absolute atomic E-state index is 0.121. The number of aromatic amines is 1. The monoisotopic (exact) mass is 354 g/mol. The van der Waals surface area contributed by atoms with Crippen LogP contribution < -0.4 is 20.5 Å². The first kappa shape index (κ1) is 17.1. The first-order chi connectivity index (χ1) is 12.5. The molecule has 1 saturated heterocycles. The van der Waals surface area contributed by atoms with Crippen LogP contribution in [0.25, 0.3) is 0 Å². The van der Waals surface area contributed by atoms with Gasteiger partial charge >= 0.3 is 0 Å². The Balaban J connectivity index is 1.43. The summed E-state index contributed by atoms with van der Waals surface area (Å²) in [6, 6.07) is 6.73. The van der Waals surface area contributed by atoms with Crippen molar-refractivity contribution in [3.8, 4) is 5.75 Å². The van der Waals surface area contributed by atoms with E-state index in [9.17, 15) is 4.79 Å². The van der Waals surface area contributed by atoms with Gasteiger partial charge in [-0.05, 0) is 32.3 Å². The lowest BCUT2D eigenvalue weighted by Crippen LogP contribution is -2.47. The van der Waals surface area contributed by atoms with Gasteiger partial charge in [-0.15, -0.1) is 0 Å². The molecule has 0 aliphatic carbocycles. The number of piperidine rings is 1. The van der Waals surface area contributed by atoms with E-state index in [1.165, 1.54) is 11.1 Å². The normalized spacial score (nSPS) is 21.3. The quantitative estimate of drug-likeness (QED) is 0.881. The standard InChI is InChI=1S/C20H26N4O2/c1-20(2)11-14-5-3-6-15(17(14)26-20)12-23-16-7-4-10-24(13-16)18-19(25)22-9-8-21-18/h3,5-6,8-9,16,23H,4,7,10-13H2,1-2H3,(H,22,25). The van der Waals surface area contributed by atoms with Gasteiger partial charge in [-0.1, -0.05) is 18.2 Å². The predicted octanol–water partition coefficient (Wildman–Crippen LogP) is 2.24. The van der Waals surface area contributed by atoms with Crippen LogP contribution in [0.15, 0.2) is 35.4 Å². The van der Waals surface area contributed by atoms with Crippen molar-refractivity contribution in [2.45, 2.75) is 51.3 Å². The fourth-order valence-corrected chi connectivity index (χ4v) is 3.98. The fraction of sp³-hybridized carbons (Fsp3) is 0.500. The van der Waals surface area contributed by atoms with Crippen LogP contribution in [0.2, 0.25) is 0 Å². The van der Waals surface area contributed by atoms with Gasteiger partial charge in [-0.3, -0.25) is 4.79 Å². The lowest BCUT2D eigenvalue weighted by molar-refractivity contribution is 0.137. The number of hydrogen-bond donors (Lipinski definition) is 2. The summed E-state index contributed by atoms with van der Waals surface area (Å²) in [5.41, 5.74) is 2.25. The van der Waals surface area contributed by atoms with E-state index in [1.54, 1.807) is 12.4 Å². The maximum Gasteiger partial charge on any atom is 0.290 e. The molecule has 2 N–H and O–H groups in total.